The van der Waals surface area contributed by atoms with Crippen LogP contribution in [0.3, 0.4) is 0 Å². The van der Waals surface area contributed by atoms with Crippen molar-refractivity contribution in [1.82, 2.24) is 0 Å². The van der Waals surface area contributed by atoms with Crippen LogP contribution in [0.1, 0.15) is 51.5 Å². The van der Waals surface area contributed by atoms with Crippen LogP contribution in [0.25, 0.3) is 0 Å². The van der Waals surface area contributed by atoms with E-state index in [1.807, 2.05) is 38.1 Å². The minimum atomic E-state index is -0.377. The SMILES string of the molecule is CCOc1ccc([C@H]2C(C(=O)OCCSCC)=C(C)N=C3CCCC(=O)C32)cc1. The molecule has 0 aromatic heterocycles. The van der Waals surface area contributed by atoms with E-state index in [0.717, 1.165) is 41.4 Å². The molecule has 1 saturated carbocycles. The van der Waals surface area contributed by atoms with Crippen LogP contribution in [-0.4, -0.2) is 42.2 Å². The van der Waals surface area contributed by atoms with E-state index < -0.39 is 0 Å². The van der Waals surface area contributed by atoms with E-state index in [1.54, 1.807) is 11.8 Å². The lowest BCUT2D eigenvalue weighted by atomic mass is 9.69. The molecule has 1 unspecified atom stereocenters. The normalized spacial score (nSPS) is 21.5. The van der Waals surface area contributed by atoms with Crippen molar-refractivity contribution in [1.29, 1.82) is 0 Å². The summed E-state index contributed by atoms with van der Waals surface area (Å²) in [6, 6.07) is 7.70. The predicted molar refractivity (Wildman–Crippen MR) is 117 cm³/mol. The average Bonchev–Trinajstić information content (AvgIpc) is 2.71. The molecule has 0 bridgehead atoms. The van der Waals surface area contributed by atoms with Crippen LogP contribution in [0.15, 0.2) is 40.5 Å². The Balaban J connectivity index is 1.95. The maximum atomic E-state index is 13.0. The fourth-order valence-electron chi connectivity index (χ4n) is 4.10. The van der Waals surface area contributed by atoms with Gasteiger partial charge in [-0.05, 0) is 50.1 Å². The Labute approximate surface area is 177 Å². The van der Waals surface area contributed by atoms with Gasteiger partial charge in [0.2, 0.25) is 0 Å². The fraction of sp³-hybridized carbons (Fsp3) is 0.522. The zero-order valence-electron chi connectivity index (χ0n) is 17.4. The lowest BCUT2D eigenvalue weighted by molar-refractivity contribution is -0.139. The van der Waals surface area contributed by atoms with Crippen LogP contribution >= 0.6 is 11.8 Å². The first-order chi connectivity index (χ1) is 14.1. The summed E-state index contributed by atoms with van der Waals surface area (Å²) in [4.78, 5) is 30.6. The van der Waals surface area contributed by atoms with E-state index in [1.165, 1.54) is 0 Å². The molecule has 5 nitrogen and oxygen atoms in total. The zero-order chi connectivity index (χ0) is 20.8. The minimum absolute atomic E-state index is 0.160. The van der Waals surface area contributed by atoms with E-state index in [4.69, 9.17) is 9.47 Å². The molecule has 6 heteroatoms. The lowest BCUT2D eigenvalue weighted by Gasteiger charge is -2.35. The fourth-order valence-corrected chi connectivity index (χ4v) is 4.59. The van der Waals surface area contributed by atoms with Gasteiger partial charge in [-0.3, -0.25) is 9.79 Å². The summed E-state index contributed by atoms with van der Waals surface area (Å²) in [6.45, 7) is 6.82. The Morgan fingerprint density at radius 2 is 1.93 bits per heavy atom. The topological polar surface area (TPSA) is 65.0 Å². The van der Waals surface area contributed by atoms with Crippen molar-refractivity contribution in [3.8, 4) is 5.75 Å². The molecule has 1 fully saturated rings. The minimum Gasteiger partial charge on any atom is -0.494 e. The van der Waals surface area contributed by atoms with Gasteiger partial charge in [0.05, 0.1) is 18.1 Å². The molecule has 0 N–H and O–H groups in total. The number of hydrogen-bond acceptors (Lipinski definition) is 6. The number of allylic oxidation sites excluding steroid dienone is 1. The van der Waals surface area contributed by atoms with Crippen molar-refractivity contribution in [3.63, 3.8) is 0 Å². The average molecular weight is 416 g/mol. The van der Waals surface area contributed by atoms with Crippen molar-refractivity contribution < 1.29 is 19.1 Å². The summed E-state index contributed by atoms with van der Waals surface area (Å²) >= 11 is 1.73. The molecule has 156 valence electrons. The van der Waals surface area contributed by atoms with Crippen LogP contribution in [0, 0.1) is 5.92 Å². The number of ether oxygens (including phenoxy) is 2. The van der Waals surface area contributed by atoms with Gasteiger partial charge in [-0.1, -0.05) is 19.1 Å². The van der Waals surface area contributed by atoms with Gasteiger partial charge >= 0.3 is 5.97 Å². The summed E-state index contributed by atoms with van der Waals surface area (Å²) in [5.41, 5.74) is 3.00. The van der Waals surface area contributed by atoms with Crippen LogP contribution in [0.2, 0.25) is 0 Å². The number of nitrogens with zero attached hydrogens (tertiary/aromatic N) is 1. The molecule has 1 aromatic rings. The Bertz CT molecular complexity index is 813. The number of rotatable bonds is 8. The summed E-state index contributed by atoms with van der Waals surface area (Å²) in [7, 11) is 0. The number of carbonyl (C=O) groups is 2. The van der Waals surface area contributed by atoms with Crippen LogP contribution in [0.4, 0.5) is 0 Å². The van der Waals surface area contributed by atoms with Crippen molar-refractivity contribution >= 4 is 29.2 Å². The van der Waals surface area contributed by atoms with Crippen molar-refractivity contribution in [2.75, 3.05) is 24.7 Å². The first-order valence-corrected chi connectivity index (χ1v) is 11.5. The van der Waals surface area contributed by atoms with Gasteiger partial charge in [0.15, 0.2) is 0 Å². The molecule has 2 atom stereocenters. The van der Waals surface area contributed by atoms with Gasteiger partial charge < -0.3 is 9.47 Å². The summed E-state index contributed by atoms with van der Waals surface area (Å²) in [5, 5.41) is 0. The maximum Gasteiger partial charge on any atom is 0.336 e. The maximum absolute atomic E-state index is 13.0. The highest BCUT2D eigenvalue weighted by Crippen LogP contribution is 2.43. The van der Waals surface area contributed by atoms with Gasteiger partial charge in [0.25, 0.3) is 0 Å². The second kappa shape index (κ2) is 10.1. The highest BCUT2D eigenvalue weighted by Gasteiger charge is 2.43. The number of ketones is 1. The molecule has 0 saturated heterocycles. The largest absolute Gasteiger partial charge is 0.494 e. The van der Waals surface area contributed by atoms with Crippen LogP contribution in [-0.2, 0) is 14.3 Å². The second-order valence-electron chi connectivity index (χ2n) is 7.21. The van der Waals surface area contributed by atoms with Gasteiger partial charge in [-0.25, -0.2) is 4.79 Å². The molecule has 1 heterocycles. The Morgan fingerprint density at radius 3 is 2.62 bits per heavy atom. The smallest absolute Gasteiger partial charge is 0.336 e. The summed E-state index contributed by atoms with van der Waals surface area (Å²) < 4.78 is 11.1. The highest BCUT2D eigenvalue weighted by molar-refractivity contribution is 7.99. The van der Waals surface area contributed by atoms with Crippen LogP contribution < -0.4 is 4.74 Å². The van der Waals surface area contributed by atoms with Crippen molar-refractivity contribution in [2.45, 2.75) is 46.0 Å². The van der Waals surface area contributed by atoms with Crippen molar-refractivity contribution in [3.05, 3.63) is 41.1 Å². The lowest BCUT2D eigenvalue weighted by Crippen LogP contribution is -2.39. The predicted octanol–water partition coefficient (Wildman–Crippen LogP) is 4.56. The van der Waals surface area contributed by atoms with E-state index in [-0.39, 0.29) is 23.6 Å². The number of aliphatic imine (C=N–C) groups is 1. The van der Waals surface area contributed by atoms with E-state index in [0.29, 0.717) is 30.9 Å². The Kier molecular flexibility index (Phi) is 7.53. The van der Waals surface area contributed by atoms with Gasteiger partial charge in [0, 0.05) is 29.5 Å². The third-order valence-electron chi connectivity index (χ3n) is 5.34. The first kappa shape index (κ1) is 21.6. The Morgan fingerprint density at radius 1 is 1.17 bits per heavy atom. The molecule has 29 heavy (non-hydrogen) atoms. The molecule has 3 rings (SSSR count). The van der Waals surface area contributed by atoms with Crippen LogP contribution in [0.5, 0.6) is 5.75 Å². The molecule has 1 aliphatic carbocycles. The summed E-state index contributed by atoms with van der Waals surface area (Å²) in [6.07, 6.45) is 2.16. The highest BCUT2D eigenvalue weighted by atomic mass is 32.2. The number of Topliss-reactive ketones (excluding diaryl/α,β-unsaturated/α-hetero) is 1. The Hall–Kier alpha value is -2.08. The first-order valence-electron chi connectivity index (χ1n) is 10.3. The second-order valence-corrected chi connectivity index (χ2v) is 8.61. The summed E-state index contributed by atoms with van der Waals surface area (Å²) in [5.74, 6) is 1.59. The molecular weight excluding hydrogens is 386 g/mol. The number of fused-ring (bicyclic) bond motifs is 1. The monoisotopic (exact) mass is 415 g/mol. The van der Waals surface area contributed by atoms with E-state index >= 15 is 0 Å². The van der Waals surface area contributed by atoms with Crippen molar-refractivity contribution in [2.24, 2.45) is 10.9 Å². The molecule has 1 aromatic carbocycles. The van der Waals surface area contributed by atoms with Gasteiger partial charge in [-0.15, -0.1) is 0 Å². The third kappa shape index (κ3) is 4.92. The van der Waals surface area contributed by atoms with E-state index in [2.05, 4.69) is 11.9 Å². The van der Waals surface area contributed by atoms with E-state index in [9.17, 15) is 9.59 Å². The molecule has 0 spiro atoms. The quantitative estimate of drug-likeness (QED) is 0.460. The molecule has 2 aliphatic rings. The molecular formula is C23H29NO4S. The molecule has 0 radical (unpaired) electrons. The third-order valence-corrected chi connectivity index (χ3v) is 6.21. The van der Waals surface area contributed by atoms with Gasteiger partial charge in [0.1, 0.15) is 18.1 Å². The number of thioether (sulfide) groups is 1. The number of benzene rings is 1. The standard InChI is InChI=1S/C23H29NO4S/c1-4-27-17-11-9-16(10-12-17)21-20(23(26)28-13-14-29-5-2)15(3)24-18-7-6-8-19(25)22(18)21/h9-12,21-22H,4-8,13-14H2,1-3H3/t21-,22?/m0/s1. The molecule has 1 aliphatic heterocycles. The van der Waals surface area contributed by atoms with Gasteiger partial charge in [-0.2, -0.15) is 11.8 Å². The molecule has 0 amide bonds. The number of esters is 1. The zero-order valence-corrected chi connectivity index (χ0v) is 18.2. The number of carbonyl (C=O) groups excluding carboxylic acids is 2. The number of hydrogen-bond donors (Lipinski definition) is 0.